The Labute approximate surface area is 86.9 Å². The fourth-order valence-electron chi connectivity index (χ4n) is 1.97. The Bertz CT molecular complexity index is 194. The van der Waals surface area contributed by atoms with Gasteiger partial charge in [0.2, 0.25) is 5.91 Å². The monoisotopic (exact) mass is 198 g/mol. The molecule has 1 fully saturated rings. The average Bonchev–Trinajstić information content (AvgIpc) is 2.18. The molecule has 0 radical (unpaired) electrons. The van der Waals surface area contributed by atoms with E-state index in [2.05, 4.69) is 19.2 Å². The van der Waals surface area contributed by atoms with Gasteiger partial charge < -0.3 is 10.2 Å². The standard InChI is InChI=1S/C11H22N2O/c1-4-12-7-11(14)13-8-9(2)5-6-10(13)3/h9-10,12H,4-8H2,1-3H3. The van der Waals surface area contributed by atoms with Crippen molar-refractivity contribution in [2.45, 2.75) is 39.7 Å². The van der Waals surface area contributed by atoms with Gasteiger partial charge in [-0.15, -0.1) is 0 Å². The Morgan fingerprint density at radius 3 is 2.79 bits per heavy atom. The first-order valence-electron chi connectivity index (χ1n) is 5.65. The van der Waals surface area contributed by atoms with Gasteiger partial charge >= 0.3 is 0 Å². The van der Waals surface area contributed by atoms with Crippen molar-refractivity contribution in [3.05, 3.63) is 0 Å². The van der Waals surface area contributed by atoms with Crippen molar-refractivity contribution >= 4 is 5.91 Å². The zero-order chi connectivity index (χ0) is 10.6. The summed E-state index contributed by atoms with van der Waals surface area (Å²) in [6.07, 6.45) is 2.41. The zero-order valence-electron chi connectivity index (χ0n) is 9.55. The molecule has 3 nitrogen and oxygen atoms in total. The maximum absolute atomic E-state index is 11.8. The van der Waals surface area contributed by atoms with Crippen molar-refractivity contribution in [1.29, 1.82) is 0 Å². The van der Waals surface area contributed by atoms with Crippen LogP contribution < -0.4 is 5.32 Å². The molecule has 3 heteroatoms. The molecular formula is C11H22N2O. The smallest absolute Gasteiger partial charge is 0.236 e. The minimum atomic E-state index is 0.255. The van der Waals surface area contributed by atoms with E-state index in [0.29, 0.717) is 18.5 Å². The largest absolute Gasteiger partial charge is 0.339 e. The lowest BCUT2D eigenvalue weighted by Crippen LogP contribution is -2.48. The van der Waals surface area contributed by atoms with E-state index in [1.165, 1.54) is 6.42 Å². The van der Waals surface area contributed by atoms with E-state index in [1.807, 2.05) is 11.8 Å². The lowest BCUT2D eigenvalue weighted by molar-refractivity contribution is -0.134. The number of rotatable bonds is 3. The van der Waals surface area contributed by atoms with Gasteiger partial charge in [-0.05, 0) is 32.2 Å². The van der Waals surface area contributed by atoms with Crippen molar-refractivity contribution in [2.24, 2.45) is 5.92 Å². The van der Waals surface area contributed by atoms with Gasteiger partial charge in [-0.2, -0.15) is 0 Å². The summed E-state index contributed by atoms with van der Waals surface area (Å²) in [5.74, 6) is 0.919. The third-order valence-corrected chi connectivity index (χ3v) is 2.96. The van der Waals surface area contributed by atoms with Gasteiger partial charge in [0.05, 0.1) is 6.54 Å². The number of carbonyl (C=O) groups excluding carboxylic acids is 1. The normalized spacial score (nSPS) is 27.8. The van der Waals surface area contributed by atoms with Gasteiger partial charge in [-0.1, -0.05) is 13.8 Å². The van der Waals surface area contributed by atoms with Crippen LogP contribution >= 0.6 is 0 Å². The quantitative estimate of drug-likeness (QED) is 0.740. The van der Waals surface area contributed by atoms with Gasteiger partial charge in [0.15, 0.2) is 0 Å². The summed E-state index contributed by atoms with van der Waals surface area (Å²) < 4.78 is 0. The van der Waals surface area contributed by atoms with Crippen molar-refractivity contribution < 1.29 is 4.79 Å². The molecule has 82 valence electrons. The molecule has 1 aliphatic rings. The third kappa shape index (κ3) is 2.98. The minimum absolute atomic E-state index is 0.255. The summed E-state index contributed by atoms with van der Waals surface area (Å²) >= 11 is 0. The molecule has 1 N–H and O–H groups in total. The summed E-state index contributed by atoms with van der Waals surface area (Å²) in [6, 6.07) is 0.428. The highest BCUT2D eigenvalue weighted by Crippen LogP contribution is 2.20. The van der Waals surface area contributed by atoms with Crippen molar-refractivity contribution in [3.63, 3.8) is 0 Å². The molecule has 0 bridgehead atoms. The number of piperidine rings is 1. The SMILES string of the molecule is CCNCC(=O)N1CC(C)CCC1C. The van der Waals surface area contributed by atoms with Crippen molar-refractivity contribution in [3.8, 4) is 0 Å². The molecule has 1 amide bonds. The number of likely N-dealkylation sites (N-methyl/N-ethyl adjacent to an activating group) is 1. The summed E-state index contributed by atoms with van der Waals surface area (Å²) in [6.45, 7) is 8.69. The Kier molecular flexibility index (Phi) is 4.39. The fourth-order valence-corrected chi connectivity index (χ4v) is 1.97. The lowest BCUT2D eigenvalue weighted by Gasteiger charge is -2.36. The van der Waals surface area contributed by atoms with E-state index in [1.54, 1.807) is 0 Å². The molecule has 1 aliphatic heterocycles. The van der Waals surface area contributed by atoms with E-state index in [-0.39, 0.29) is 5.91 Å². The highest BCUT2D eigenvalue weighted by Gasteiger charge is 2.26. The Hall–Kier alpha value is -0.570. The molecule has 0 aromatic heterocycles. The van der Waals surface area contributed by atoms with Crippen LogP contribution in [0.3, 0.4) is 0 Å². The fraction of sp³-hybridized carbons (Fsp3) is 0.909. The minimum Gasteiger partial charge on any atom is -0.339 e. The first kappa shape index (κ1) is 11.5. The maximum Gasteiger partial charge on any atom is 0.236 e. The number of likely N-dealkylation sites (tertiary alicyclic amines) is 1. The predicted molar refractivity (Wildman–Crippen MR) is 58.1 cm³/mol. The Balaban J connectivity index is 2.43. The van der Waals surface area contributed by atoms with Gasteiger partial charge in [-0.3, -0.25) is 4.79 Å². The second kappa shape index (κ2) is 5.35. The summed E-state index contributed by atoms with van der Waals surface area (Å²) in [4.78, 5) is 13.8. The van der Waals surface area contributed by atoms with E-state index in [4.69, 9.17) is 0 Å². The Morgan fingerprint density at radius 2 is 2.14 bits per heavy atom. The second-order valence-corrected chi connectivity index (χ2v) is 4.36. The number of hydrogen-bond donors (Lipinski definition) is 1. The van der Waals surface area contributed by atoms with Crippen LogP contribution in [-0.2, 0) is 4.79 Å². The predicted octanol–water partition coefficient (Wildman–Crippen LogP) is 1.24. The number of carbonyl (C=O) groups is 1. The topological polar surface area (TPSA) is 32.3 Å². The van der Waals surface area contributed by atoms with Crippen LogP contribution in [0.5, 0.6) is 0 Å². The van der Waals surface area contributed by atoms with Crippen molar-refractivity contribution in [2.75, 3.05) is 19.6 Å². The highest BCUT2D eigenvalue weighted by atomic mass is 16.2. The van der Waals surface area contributed by atoms with Crippen LogP contribution in [0.4, 0.5) is 0 Å². The molecule has 1 saturated heterocycles. The number of nitrogens with one attached hydrogen (secondary N) is 1. The Morgan fingerprint density at radius 1 is 1.43 bits per heavy atom. The van der Waals surface area contributed by atoms with Gasteiger partial charge in [-0.25, -0.2) is 0 Å². The van der Waals surface area contributed by atoms with Crippen LogP contribution in [0.25, 0.3) is 0 Å². The van der Waals surface area contributed by atoms with Crippen LogP contribution in [0.15, 0.2) is 0 Å². The molecule has 14 heavy (non-hydrogen) atoms. The molecule has 0 saturated carbocycles. The average molecular weight is 198 g/mol. The summed E-state index contributed by atoms with van der Waals surface area (Å²) in [5.41, 5.74) is 0. The third-order valence-electron chi connectivity index (χ3n) is 2.96. The van der Waals surface area contributed by atoms with E-state index in [0.717, 1.165) is 19.5 Å². The first-order valence-corrected chi connectivity index (χ1v) is 5.65. The molecule has 2 unspecified atom stereocenters. The zero-order valence-corrected chi connectivity index (χ0v) is 9.55. The second-order valence-electron chi connectivity index (χ2n) is 4.36. The van der Waals surface area contributed by atoms with Gasteiger partial charge in [0, 0.05) is 12.6 Å². The van der Waals surface area contributed by atoms with Crippen LogP contribution in [0, 0.1) is 5.92 Å². The number of nitrogens with zero attached hydrogens (tertiary/aromatic N) is 1. The molecule has 0 aromatic carbocycles. The maximum atomic E-state index is 11.8. The highest BCUT2D eigenvalue weighted by molar-refractivity contribution is 5.78. The summed E-state index contributed by atoms with van der Waals surface area (Å²) in [5, 5.41) is 3.09. The molecule has 1 rings (SSSR count). The van der Waals surface area contributed by atoms with E-state index in [9.17, 15) is 4.79 Å². The van der Waals surface area contributed by atoms with E-state index >= 15 is 0 Å². The lowest BCUT2D eigenvalue weighted by atomic mass is 9.95. The molecular weight excluding hydrogens is 176 g/mol. The van der Waals surface area contributed by atoms with Crippen LogP contribution in [0.1, 0.15) is 33.6 Å². The first-order chi connectivity index (χ1) is 6.65. The molecule has 0 aromatic rings. The van der Waals surface area contributed by atoms with Gasteiger partial charge in [0.1, 0.15) is 0 Å². The van der Waals surface area contributed by atoms with E-state index < -0.39 is 0 Å². The molecule has 2 atom stereocenters. The molecule has 0 aliphatic carbocycles. The molecule has 1 heterocycles. The summed E-state index contributed by atoms with van der Waals surface area (Å²) in [7, 11) is 0. The molecule has 0 spiro atoms. The van der Waals surface area contributed by atoms with Crippen molar-refractivity contribution in [1.82, 2.24) is 10.2 Å². The number of hydrogen-bond acceptors (Lipinski definition) is 2. The van der Waals surface area contributed by atoms with Crippen LogP contribution in [-0.4, -0.2) is 36.5 Å². The number of amides is 1. The van der Waals surface area contributed by atoms with Gasteiger partial charge in [0.25, 0.3) is 0 Å². The van der Waals surface area contributed by atoms with Crippen LogP contribution in [0.2, 0.25) is 0 Å².